The van der Waals surface area contributed by atoms with Crippen LogP contribution in [0.15, 0.2) is 71.2 Å². The van der Waals surface area contributed by atoms with Crippen molar-refractivity contribution in [1.82, 2.24) is 0 Å². The second-order valence-electron chi connectivity index (χ2n) is 6.65. The lowest BCUT2D eigenvalue weighted by Crippen LogP contribution is -2.03. The van der Waals surface area contributed by atoms with Crippen molar-refractivity contribution in [3.8, 4) is 5.75 Å². The van der Waals surface area contributed by atoms with Crippen LogP contribution in [0.3, 0.4) is 0 Å². The summed E-state index contributed by atoms with van der Waals surface area (Å²) < 4.78 is 64.0. The van der Waals surface area contributed by atoms with Gasteiger partial charge in [-0.1, -0.05) is 36.4 Å². The van der Waals surface area contributed by atoms with E-state index >= 15 is 0 Å². The van der Waals surface area contributed by atoms with Crippen LogP contribution < -0.4 is 4.74 Å². The lowest BCUT2D eigenvalue weighted by atomic mass is 10.0. The fourth-order valence-electron chi connectivity index (χ4n) is 2.98. The van der Waals surface area contributed by atoms with Crippen LogP contribution in [0.4, 0.5) is 17.6 Å². The minimum atomic E-state index is -1.63. The number of rotatable bonds is 6. The molecule has 4 aromatic rings. The first-order chi connectivity index (χ1) is 14.9. The van der Waals surface area contributed by atoms with Crippen LogP contribution in [-0.4, -0.2) is 5.78 Å². The Balaban J connectivity index is 1.44. The maximum Gasteiger partial charge on any atom is 0.203 e. The lowest BCUT2D eigenvalue weighted by Gasteiger charge is -2.08. The summed E-state index contributed by atoms with van der Waals surface area (Å²) in [6.45, 7) is -0.469. The zero-order chi connectivity index (χ0) is 22.0. The molecule has 3 nitrogen and oxygen atoms in total. The zero-order valence-corrected chi connectivity index (χ0v) is 15.9. The van der Waals surface area contributed by atoms with Crippen LogP contribution in [0.1, 0.15) is 21.9 Å². The fraction of sp³-hybridized carbons (Fsp3) is 0.0417. The number of benzene rings is 3. The Bertz CT molecular complexity index is 1280. The molecule has 1 aromatic heterocycles. The summed E-state index contributed by atoms with van der Waals surface area (Å²) in [6, 6.07) is 16.1. The number of hydrogen-bond acceptors (Lipinski definition) is 3. The molecular weight excluding hydrogens is 412 g/mol. The normalized spacial score (nSPS) is 11.4. The molecule has 0 unspecified atom stereocenters. The van der Waals surface area contributed by atoms with Crippen LogP contribution >= 0.6 is 0 Å². The second kappa shape index (κ2) is 8.47. The molecule has 0 aliphatic heterocycles. The third-order valence-electron chi connectivity index (χ3n) is 4.55. The van der Waals surface area contributed by atoms with Crippen LogP contribution in [0.2, 0.25) is 0 Å². The highest BCUT2D eigenvalue weighted by Gasteiger charge is 2.21. The third-order valence-corrected chi connectivity index (χ3v) is 4.55. The largest absolute Gasteiger partial charge is 0.479 e. The molecule has 0 amide bonds. The highest BCUT2D eigenvalue weighted by molar-refractivity contribution is 6.08. The number of allylic oxidation sites excluding steroid dienone is 1. The standard InChI is InChI=1S/C24H14F4O3/c25-19-12-20(26)23(28)24(22(19)27)30-13-18-8-7-17(31-18)9-10-21(29)16-6-5-14-3-1-2-4-15(14)11-16/h1-12H,13H2/b10-9+. The van der Waals surface area contributed by atoms with Crippen LogP contribution in [0.25, 0.3) is 16.8 Å². The van der Waals surface area contributed by atoms with Gasteiger partial charge in [0.1, 0.15) is 18.1 Å². The first-order valence-corrected chi connectivity index (χ1v) is 9.18. The smallest absolute Gasteiger partial charge is 0.203 e. The molecule has 0 aliphatic rings. The average Bonchev–Trinajstić information content (AvgIpc) is 3.23. The van der Waals surface area contributed by atoms with Crippen molar-refractivity contribution in [3.05, 3.63) is 107 Å². The van der Waals surface area contributed by atoms with Gasteiger partial charge in [-0.25, -0.2) is 8.78 Å². The number of ketones is 1. The summed E-state index contributed by atoms with van der Waals surface area (Å²) in [7, 11) is 0. The van der Waals surface area contributed by atoms with Crippen molar-refractivity contribution in [1.29, 1.82) is 0 Å². The summed E-state index contributed by atoms with van der Waals surface area (Å²) in [5, 5.41) is 1.96. The Labute approximate surface area is 174 Å². The molecule has 4 rings (SSSR count). The van der Waals surface area contributed by atoms with E-state index in [-0.39, 0.29) is 17.6 Å². The van der Waals surface area contributed by atoms with Crippen molar-refractivity contribution >= 4 is 22.6 Å². The van der Waals surface area contributed by atoms with Gasteiger partial charge in [0.15, 0.2) is 23.2 Å². The van der Waals surface area contributed by atoms with Crippen molar-refractivity contribution in [2.45, 2.75) is 6.61 Å². The molecule has 0 fully saturated rings. The molecule has 0 saturated carbocycles. The molecule has 156 valence electrons. The van der Waals surface area contributed by atoms with Crippen molar-refractivity contribution in [2.24, 2.45) is 0 Å². The van der Waals surface area contributed by atoms with E-state index in [0.717, 1.165) is 10.8 Å². The molecule has 3 aromatic carbocycles. The van der Waals surface area contributed by atoms with E-state index in [1.165, 1.54) is 24.3 Å². The minimum absolute atomic E-state index is 0.0971. The summed E-state index contributed by atoms with van der Waals surface area (Å²) in [5.74, 6) is -7.37. The molecule has 7 heteroatoms. The Kier molecular flexibility index (Phi) is 5.58. The second-order valence-corrected chi connectivity index (χ2v) is 6.65. The van der Waals surface area contributed by atoms with E-state index in [1.54, 1.807) is 12.1 Å². The Morgan fingerprint density at radius 1 is 0.871 bits per heavy atom. The summed E-state index contributed by atoms with van der Waals surface area (Å²) in [4.78, 5) is 12.4. The van der Waals surface area contributed by atoms with Gasteiger partial charge < -0.3 is 9.15 Å². The van der Waals surface area contributed by atoms with Crippen molar-refractivity contribution < 1.29 is 31.5 Å². The van der Waals surface area contributed by atoms with E-state index in [0.29, 0.717) is 11.3 Å². The maximum absolute atomic E-state index is 13.6. The van der Waals surface area contributed by atoms with E-state index < -0.39 is 35.6 Å². The fourth-order valence-corrected chi connectivity index (χ4v) is 2.98. The number of fused-ring (bicyclic) bond motifs is 1. The first-order valence-electron chi connectivity index (χ1n) is 9.18. The third kappa shape index (κ3) is 4.35. The van der Waals surface area contributed by atoms with E-state index in [2.05, 4.69) is 0 Å². The van der Waals surface area contributed by atoms with Gasteiger partial charge in [0.05, 0.1) is 0 Å². The Morgan fingerprint density at radius 3 is 2.32 bits per heavy atom. The predicted octanol–water partition coefficient (Wildman–Crippen LogP) is 6.46. The predicted molar refractivity (Wildman–Crippen MR) is 107 cm³/mol. The molecule has 0 aliphatic carbocycles. The molecule has 0 bridgehead atoms. The number of halogens is 4. The van der Waals surface area contributed by atoms with E-state index in [1.807, 2.05) is 30.3 Å². The molecule has 0 N–H and O–H groups in total. The lowest BCUT2D eigenvalue weighted by molar-refractivity contribution is 0.104. The van der Waals surface area contributed by atoms with E-state index in [9.17, 15) is 22.4 Å². The quantitative estimate of drug-likeness (QED) is 0.154. The van der Waals surface area contributed by atoms with Crippen LogP contribution in [0.5, 0.6) is 5.75 Å². The van der Waals surface area contributed by atoms with Gasteiger partial charge in [-0.15, -0.1) is 0 Å². The number of ether oxygens (including phenoxy) is 1. The number of furan rings is 1. The van der Waals surface area contributed by atoms with Crippen LogP contribution in [0, 0.1) is 23.3 Å². The first kappa shape index (κ1) is 20.4. The van der Waals surface area contributed by atoms with Gasteiger partial charge in [-0.2, -0.15) is 8.78 Å². The van der Waals surface area contributed by atoms with Gasteiger partial charge in [-0.3, -0.25) is 4.79 Å². The Hall–Kier alpha value is -3.87. The van der Waals surface area contributed by atoms with Gasteiger partial charge in [0.2, 0.25) is 11.6 Å². The number of carbonyl (C=O) groups excluding carboxylic acids is 1. The zero-order valence-electron chi connectivity index (χ0n) is 15.9. The van der Waals surface area contributed by atoms with E-state index in [4.69, 9.17) is 9.15 Å². The molecule has 0 saturated heterocycles. The SMILES string of the molecule is O=C(/C=C/c1ccc(COc2c(F)c(F)cc(F)c2F)o1)c1ccc2ccccc2c1. The summed E-state index contributed by atoms with van der Waals surface area (Å²) in [5.41, 5.74) is 0.504. The molecule has 31 heavy (non-hydrogen) atoms. The monoisotopic (exact) mass is 426 g/mol. The summed E-state index contributed by atoms with van der Waals surface area (Å²) in [6.07, 6.45) is 2.76. The molecular formula is C24H14F4O3. The van der Waals surface area contributed by atoms with Crippen molar-refractivity contribution in [3.63, 3.8) is 0 Å². The van der Waals surface area contributed by atoms with Crippen molar-refractivity contribution in [2.75, 3.05) is 0 Å². The van der Waals surface area contributed by atoms with Gasteiger partial charge in [0.25, 0.3) is 0 Å². The number of hydrogen-bond donors (Lipinski definition) is 0. The highest BCUT2D eigenvalue weighted by atomic mass is 19.2. The Morgan fingerprint density at radius 2 is 1.58 bits per heavy atom. The highest BCUT2D eigenvalue weighted by Crippen LogP contribution is 2.27. The molecule has 0 spiro atoms. The molecule has 1 heterocycles. The molecule has 0 atom stereocenters. The minimum Gasteiger partial charge on any atom is -0.479 e. The summed E-state index contributed by atoms with van der Waals surface area (Å²) >= 11 is 0. The average molecular weight is 426 g/mol. The number of carbonyl (C=O) groups is 1. The van der Waals surface area contributed by atoms with Gasteiger partial charge >= 0.3 is 0 Å². The van der Waals surface area contributed by atoms with Gasteiger partial charge in [0, 0.05) is 11.6 Å². The van der Waals surface area contributed by atoms with Gasteiger partial charge in [-0.05, 0) is 41.1 Å². The van der Waals surface area contributed by atoms with Crippen LogP contribution in [-0.2, 0) is 6.61 Å². The topological polar surface area (TPSA) is 39.4 Å². The molecule has 0 radical (unpaired) electrons. The maximum atomic E-state index is 13.6.